The van der Waals surface area contributed by atoms with E-state index in [-0.39, 0.29) is 10.6 Å². The SMILES string of the molecule is O=c1c2c([nH]n1-c1ccc(F)cc1Cl)CN(CC1=CCCC=C1)CC2. The molecule has 0 unspecified atom stereocenters. The fraction of sp³-hybridized carbons (Fsp3) is 0.316. The molecule has 0 saturated carbocycles. The van der Waals surface area contributed by atoms with Gasteiger partial charge in [0.05, 0.1) is 16.4 Å². The van der Waals surface area contributed by atoms with E-state index in [0.29, 0.717) is 18.7 Å². The van der Waals surface area contributed by atoms with Crippen molar-refractivity contribution in [3.05, 3.63) is 74.5 Å². The maximum atomic E-state index is 13.3. The molecule has 6 heteroatoms. The maximum absolute atomic E-state index is 13.3. The first kappa shape index (κ1) is 16.4. The number of fused-ring (bicyclic) bond motifs is 1. The van der Waals surface area contributed by atoms with Crippen LogP contribution in [0.5, 0.6) is 0 Å². The molecular formula is C19H19ClFN3O. The smallest absolute Gasteiger partial charge is 0.274 e. The number of H-pyrrole nitrogens is 1. The molecule has 2 aromatic rings. The lowest BCUT2D eigenvalue weighted by atomic mass is 10.0. The average Bonchev–Trinajstić information content (AvgIpc) is 2.92. The van der Waals surface area contributed by atoms with E-state index >= 15 is 0 Å². The lowest BCUT2D eigenvalue weighted by molar-refractivity contribution is 0.273. The van der Waals surface area contributed by atoms with Crippen LogP contribution in [0.4, 0.5) is 4.39 Å². The molecule has 0 radical (unpaired) electrons. The van der Waals surface area contributed by atoms with Crippen LogP contribution >= 0.6 is 11.6 Å². The number of rotatable bonds is 3. The zero-order valence-corrected chi connectivity index (χ0v) is 14.5. The number of aromatic amines is 1. The van der Waals surface area contributed by atoms with E-state index in [2.05, 4.69) is 28.2 Å². The molecule has 130 valence electrons. The van der Waals surface area contributed by atoms with E-state index in [1.165, 1.54) is 28.5 Å². The van der Waals surface area contributed by atoms with Gasteiger partial charge in [-0.2, -0.15) is 0 Å². The van der Waals surface area contributed by atoms with Crippen molar-refractivity contribution in [1.29, 1.82) is 0 Å². The number of hydrogen-bond acceptors (Lipinski definition) is 2. The predicted molar refractivity (Wildman–Crippen MR) is 96.8 cm³/mol. The summed E-state index contributed by atoms with van der Waals surface area (Å²) in [6, 6.07) is 4.05. The molecule has 1 aromatic heterocycles. The minimum Gasteiger partial charge on any atom is -0.293 e. The molecule has 25 heavy (non-hydrogen) atoms. The summed E-state index contributed by atoms with van der Waals surface area (Å²) in [5, 5.41) is 3.38. The molecule has 1 aromatic carbocycles. The summed E-state index contributed by atoms with van der Waals surface area (Å²) in [5.41, 5.74) is 3.42. The van der Waals surface area contributed by atoms with Gasteiger partial charge in [-0.3, -0.25) is 14.8 Å². The van der Waals surface area contributed by atoms with Crippen molar-refractivity contribution in [2.24, 2.45) is 0 Å². The van der Waals surface area contributed by atoms with Gasteiger partial charge in [-0.15, -0.1) is 0 Å². The highest BCUT2D eigenvalue weighted by Gasteiger charge is 2.24. The monoisotopic (exact) mass is 359 g/mol. The molecule has 4 rings (SSSR count). The Morgan fingerprint density at radius 1 is 1.28 bits per heavy atom. The first-order valence-corrected chi connectivity index (χ1v) is 8.86. The molecule has 1 N–H and O–H groups in total. The van der Waals surface area contributed by atoms with Gasteiger partial charge < -0.3 is 0 Å². The minimum atomic E-state index is -0.418. The van der Waals surface area contributed by atoms with Crippen LogP contribution in [0.15, 0.2) is 46.8 Å². The lowest BCUT2D eigenvalue weighted by Gasteiger charge is -2.26. The molecular weight excluding hydrogens is 341 g/mol. The summed E-state index contributed by atoms with van der Waals surface area (Å²) >= 11 is 6.11. The van der Waals surface area contributed by atoms with Gasteiger partial charge in [-0.05, 0) is 43.0 Å². The molecule has 1 aliphatic carbocycles. The largest absolute Gasteiger partial charge is 0.293 e. The van der Waals surface area contributed by atoms with Crippen LogP contribution in [0.2, 0.25) is 5.02 Å². The second kappa shape index (κ2) is 6.65. The Morgan fingerprint density at radius 2 is 2.16 bits per heavy atom. The molecule has 2 aliphatic rings. The van der Waals surface area contributed by atoms with Crippen LogP contribution in [0, 0.1) is 5.82 Å². The molecule has 0 saturated heterocycles. The fourth-order valence-electron chi connectivity index (χ4n) is 3.49. The molecule has 2 heterocycles. The van der Waals surface area contributed by atoms with Crippen molar-refractivity contribution in [2.75, 3.05) is 13.1 Å². The zero-order valence-electron chi connectivity index (χ0n) is 13.8. The molecule has 4 nitrogen and oxygen atoms in total. The van der Waals surface area contributed by atoms with Gasteiger partial charge in [0.15, 0.2) is 0 Å². The third kappa shape index (κ3) is 3.22. The Balaban J connectivity index is 1.60. The van der Waals surface area contributed by atoms with Crippen molar-refractivity contribution in [1.82, 2.24) is 14.7 Å². The van der Waals surface area contributed by atoms with E-state index in [0.717, 1.165) is 37.2 Å². The predicted octanol–water partition coefficient (Wildman–Crippen LogP) is 3.59. The van der Waals surface area contributed by atoms with E-state index in [1.54, 1.807) is 0 Å². The second-order valence-electron chi connectivity index (χ2n) is 6.52. The van der Waals surface area contributed by atoms with Crippen LogP contribution in [0.3, 0.4) is 0 Å². The summed E-state index contributed by atoms with van der Waals surface area (Å²) in [5.74, 6) is -0.418. The molecule has 0 bridgehead atoms. The van der Waals surface area contributed by atoms with Crippen molar-refractivity contribution in [2.45, 2.75) is 25.8 Å². The normalized spacial score (nSPS) is 17.4. The maximum Gasteiger partial charge on any atom is 0.274 e. The van der Waals surface area contributed by atoms with Crippen LogP contribution in [0.1, 0.15) is 24.1 Å². The highest BCUT2D eigenvalue weighted by molar-refractivity contribution is 6.32. The number of benzene rings is 1. The van der Waals surface area contributed by atoms with Gasteiger partial charge >= 0.3 is 0 Å². The molecule has 0 amide bonds. The first-order valence-electron chi connectivity index (χ1n) is 8.48. The van der Waals surface area contributed by atoms with Crippen molar-refractivity contribution in [3.63, 3.8) is 0 Å². The van der Waals surface area contributed by atoms with Gasteiger partial charge in [-0.25, -0.2) is 9.07 Å². The topological polar surface area (TPSA) is 41.0 Å². The third-order valence-electron chi connectivity index (χ3n) is 4.76. The summed E-state index contributed by atoms with van der Waals surface area (Å²) in [6.07, 6.45) is 9.59. The van der Waals surface area contributed by atoms with E-state index in [9.17, 15) is 9.18 Å². The Morgan fingerprint density at radius 3 is 2.92 bits per heavy atom. The second-order valence-corrected chi connectivity index (χ2v) is 6.93. The van der Waals surface area contributed by atoms with E-state index in [1.807, 2.05) is 0 Å². The van der Waals surface area contributed by atoms with E-state index in [4.69, 9.17) is 11.6 Å². The van der Waals surface area contributed by atoms with Gasteiger partial charge in [0, 0.05) is 25.2 Å². The van der Waals surface area contributed by atoms with Crippen molar-refractivity contribution < 1.29 is 4.39 Å². The first-order chi connectivity index (χ1) is 12.1. The molecule has 0 fully saturated rings. The van der Waals surface area contributed by atoms with Crippen molar-refractivity contribution >= 4 is 11.6 Å². The third-order valence-corrected chi connectivity index (χ3v) is 5.06. The van der Waals surface area contributed by atoms with E-state index < -0.39 is 5.82 Å². The Hall–Kier alpha value is -2.11. The Labute approximate surface area is 150 Å². The standard InChI is InChI=1S/C19H19ClFN3O/c20-16-10-14(21)6-7-18(16)24-19(25)15-8-9-23(12-17(15)22-24)11-13-4-2-1-3-5-13/h2,4-7,10,22H,1,3,8-9,11-12H2. The number of aromatic nitrogens is 2. The van der Waals surface area contributed by atoms with Crippen LogP contribution in [-0.4, -0.2) is 27.8 Å². The Kier molecular flexibility index (Phi) is 4.36. The Bertz CT molecular complexity index is 925. The molecule has 0 atom stereocenters. The highest BCUT2D eigenvalue weighted by atomic mass is 35.5. The summed E-state index contributed by atoms with van der Waals surface area (Å²) < 4.78 is 14.7. The van der Waals surface area contributed by atoms with Gasteiger partial charge in [-0.1, -0.05) is 29.8 Å². The number of halogens is 2. The highest BCUT2D eigenvalue weighted by Crippen LogP contribution is 2.23. The van der Waals surface area contributed by atoms with Gasteiger partial charge in [0.2, 0.25) is 0 Å². The average molecular weight is 360 g/mol. The van der Waals surface area contributed by atoms with Gasteiger partial charge in [0.1, 0.15) is 5.82 Å². The van der Waals surface area contributed by atoms with Crippen LogP contribution in [-0.2, 0) is 13.0 Å². The summed E-state index contributed by atoms with van der Waals surface area (Å²) in [4.78, 5) is 15.0. The quantitative estimate of drug-likeness (QED) is 0.909. The lowest BCUT2D eigenvalue weighted by Crippen LogP contribution is -2.33. The number of hydrogen-bond donors (Lipinski definition) is 1. The number of nitrogens with zero attached hydrogens (tertiary/aromatic N) is 2. The minimum absolute atomic E-state index is 0.0973. The molecule has 1 aliphatic heterocycles. The summed E-state index contributed by atoms with van der Waals surface area (Å²) in [6.45, 7) is 2.43. The van der Waals surface area contributed by atoms with Crippen molar-refractivity contribution in [3.8, 4) is 5.69 Å². The molecule has 0 spiro atoms. The zero-order chi connectivity index (χ0) is 17.4. The van der Waals surface area contributed by atoms with Gasteiger partial charge in [0.25, 0.3) is 5.56 Å². The summed E-state index contributed by atoms with van der Waals surface area (Å²) in [7, 11) is 0. The number of allylic oxidation sites excluding steroid dienone is 2. The van der Waals surface area contributed by atoms with Crippen LogP contribution in [0.25, 0.3) is 5.69 Å². The van der Waals surface area contributed by atoms with Crippen LogP contribution < -0.4 is 5.56 Å². The number of nitrogens with one attached hydrogen (secondary N) is 1. The fourth-order valence-corrected chi connectivity index (χ4v) is 3.74.